The number of hydrogen-bond donors (Lipinski definition) is 2. The van der Waals surface area contributed by atoms with E-state index in [2.05, 4.69) is 11.4 Å². The first-order chi connectivity index (χ1) is 11.9. The van der Waals surface area contributed by atoms with Crippen molar-refractivity contribution in [3.8, 4) is 0 Å². The third-order valence-electron chi connectivity index (χ3n) is 4.31. The van der Waals surface area contributed by atoms with Crippen LogP contribution < -0.4 is 15.4 Å². The van der Waals surface area contributed by atoms with Crippen LogP contribution in [0.2, 0.25) is 0 Å². The number of benzene rings is 2. The van der Waals surface area contributed by atoms with Crippen molar-refractivity contribution >= 4 is 21.6 Å². The van der Waals surface area contributed by atoms with E-state index in [1.807, 2.05) is 23.1 Å². The number of nitrogens with one attached hydrogen (secondary N) is 1. The third kappa shape index (κ3) is 4.25. The minimum Gasteiger partial charge on any atom is -0.311 e. The molecule has 1 aliphatic rings. The smallest absolute Gasteiger partial charge is 0.240 e. The molecule has 132 valence electrons. The first kappa shape index (κ1) is 17.6. The molecule has 0 spiro atoms. The molecule has 2 aromatic carbocycles. The molecule has 0 aromatic heterocycles. The number of nitrogens with two attached hydrogens (primary N) is 1. The number of rotatable bonds is 6. The molecule has 7 heteroatoms. The zero-order valence-corrected chi connectivity index (χ0v) is 14.6. The Morgan fingerprint density at radius 3 is 2.56 bits per heavy atom. The van der Waals surface area contributed by atoms with Crippen molar-refractivity contribution in [1.82, 2.24) is 5.32 Å². The molecule has 25 heavy (non-hydrogen) atoms. The lowest BCUT2D eigenvalue weighted by molar-refractivity contribution is -0.117. The molecule has 0 aliphatic carbocycles. The quantitative estimate of drug-likeness (QED) is 0.754. The van der Waals surface area contributed by atoms with Gasteiger partial charge in [-0.3, -0.25) is 4.79 Å². The average molecular weight is 359 g/mol. The summed E-state index contributed by atoms with van der Waals surface area (Å²) in [6.07, 6.45) is 1.60. The fourth-order valence-electron chi connectivity index (χ4n) is 2.97. The minimum atomic E-state index is -3.66. The second kappa shape index (κ2) is 7.35. The van der Waals surface area contributed by atoms with Crippen LogP contribution in [0.4, 0.5) is 5.69 Å². The molecular weight excluding hydrogens is 338 g/mol. The van der Waals surface area contributed by atoms with Gasteiger partial charge in [-0.05, 0) is 48.7 Å². The number of anilines is 1. The SMILES string of the molecule is NS(=O)(=O)c1ccc(CCNCC(=O)N2CCc3ccccc32)cc1. The van der Waals surface area contributed by atoms with Gasteiger partial charge in [0.2, 0.25) is 15.9 Å². The molecule has 0 bridgehead atoms. The van der Waals surface area contributed by atoms with Crippen molar-refractivity contribution in [2.24, 2.45) is 5.14 Å². The van der Waals surface area contributed by atoms with Crippen molar-refractivity contribution < 1.29 is 13.2 Å². The summed E-state index contributed by atoms with van der Waals surface area (Å²) in [5.74, 6) is 0.0644. The Hall–Kier alpha value is -2.22. The topological polar surface area (TPSA) is 92.5 Å². The Bertz CT molecular complexity index is 863. The van der Waals surface area contributed by atoms with Gasteiger partial charge in [0.1, 0.15) is 0 Å². The van der Waals surface area contributed by atoms with E-state index in [1.165, 1.54) is 17.7 Å². The Labute approximate surface area is 147 Å². The van der Waals surface area contributed by atoms with Crippen LogP contribution in [0.3, 0.4) is 0 Å². The number of nitrogens with zero attached hydrogens (tertiary/aromatic N) is 1. The van der Waals surface area contributed by atoms with E-state index in [0.29, 0.717) is 13.0 Å². The van der Waals surface area contributed by atoms with E-state index < -0.39 is 10.0 Å². The summed E-state index contributed by atoms with van der Waals surface area (Å²) in [4.78, 5) is 14.3. The maximum Gasteiger partial charge on any atom is 0.240 e. The second-order valence-corrected chi connectivity index (χ2v) is 7.60. The standard InChI is InChI=1S/C18H21N3O3S/c19-25(23,24)16-7-5-14(6-8-16)9-11-20-13-18(22)21-12-10-15-3-1-2-4-17(15)21/h1-8,20H,9-13H2,(H2,19,23,24). The van der Waals surface area contributed by atoms with Gasteiger partial charge in [0, 0.05) is 12.2 Å². The largest absolute Gasteiger partial charge is 0.311 e. The van der Waals surface area contributed by atoms with Gasteiger partial charge in [-0.1, -0.05) is 30.3 Å². The predicted molar refractivity (Wildman–Crippen MR) is 96.9 cm³/mol. The van der Waals surface area contributed by atoms with Gasteiger partial charge in [-0.2, -0.15) is 0 Å². The number of amides is 1. The Morgan fingerprint density at radius 1 is 1.12 bits per heavy atom. The minimum absolute atomic E-state index is 0.0644. The Kier molecular flexibility index (Phi) is 5.17. The monoisotopic (exact) mass is 359 g/mol. The molecule has 2 aromatic rings. The Balaban J connectivity index is 1.47. The van der Waals surface area contributed by atoms with Crippen molar-refractivity contribution in [3.05, 3.63) is 59.7 Å². The lowest BCUT2D eigenvalue weighted by atomic mass is 10.1. The summed E-state index contributed by atoms with van der Waals surface area (Å²) in [6, 6.07) is 14.4. The highest BCUT2D eigenvalue weighted by Crippen LogP contribution is 2.27. The van der Waals surface area contributed by atoms with Crippen LogP contribution in [-0.4, -0.2) is 34.0 Å². The van der Waals surface area contributed by atoms with E-state index in [1.54, 1.807) is 12.1 Å². The molecule has 0 saturated carbocycles. The van der Waals surface area contributed by atoms with Crippen LogP contribution in [0.5, 0.6) is 0 Å². The molecular formula is C18H21N3O3S. The van der Waals surface area contributed by atoms with Crippen molar-refractivity contribution in [3.63, 3.8) is 0 Å². The van der Waals surface area contributed by atoms with Crippen LogP contribution >= 0.6 is 0 Å². The van der Waals surface area contributed by atoms with Gasteiger partial charge in [0.05, 0.1) is 11.4 Å². The number of carbonyl (C=O) groups excluding carboxylic acids is 1. The number of fused-ring (bicyclic) bond motifs is 1. The number of sulfonamides is 1. The summed E-state index contributed by atoms with van der Waals surface area (Å²) in [6.45, 7) is 1.65. The lowest BCUT2D eigenvalue weighted by Gasteiger charge is -2.17. The summed E-state index contributed by atoms with van der Waals surface area (Å²) in [5.41, 5.74) is 3.21. The fourth-order valence-corrected chi connectivity index (χ4v) is 3.48. The van der Waals surface area contributed by atoms with E-state index in [4.69, 9.17) is 5.14 Å². The number of hydrogen-bond acceptors (Lipinski definition) is 4. The molecule has 3 rings (SSSR count). The van der Waals surface area contributed by atoms with Gasteiger partial charge in [0.25, 0.3) is 0 Å². The average Bonchev–Trinajstić information content (AvgIpc) is 3.02. The fraction of sp³-hybridized carbons (Fsp3) is 0.278. The van der Waals surface area contributed by atoms with E-state index in [9.17, 15) is 13.2 Å². The third-order valence-corrected chi connectivity index (χ3v) is 5.24. The van der Waals surface area contributed by atoms with Gasteiger partial charge in [-0.15, -0.1) is 0 Å². The summed E-state index contributed by atoms with van der Waals surface area (Å²) < 4.78 is 22.4. The Morgan fingerprint density at radius 2 is 1.84 bits per heavy atom. The summed E-state index contributed by atoms with van der Waals surface area (Å²) in [7, 11) is -3.66. The highest BCUT2D eigenvalue weighted by Gasteiger charge is 2.23. The van der Waals surface area contributed by atoms with Crippen LogP contribution in [-0.2, 0) is 27.7 Å². The molecule has 1 aliphatic heterocycles. The molecule has 1 heterocycles. The van der Waals surface area contributed by atoms with E-state index >= 15 is 0 Å². The number of carbonyl (C=O) groups is 1. The highest BCUT2D eigenvalue weighted by molar-refractivity contribution is 7.89. The van der Waals surface area contributed by atoms with Gasteiger partial charge in [0.15, 0.2) is 0 Å². The number of para-hydroxylation sites is 1. The van der Waals surface area contributed by atoms with Crippen molar-refractivity contribution in [2.45, 2.75) is 17.7 Å². The predicted octanol–water partition coefficient (Wildman–Crippen LogP) is 1.06. The highest BCUT2D eigenvalue weighted by atomic mass is 32.2. The van der Waals surface area contributed by atoms with E-state index in [-0.39, 0.29) is 17.3 Å². The first-order valence-electron chi connectivity index (χ1n) is 8.16. The maximum atomic E-state index is 12.4. The molecule has 0 fully saturated rings. The van der Waals surface area contributed by atoms with Crippen molar-refractivity contribution in [1.29, 1.82) is 0 Å². The number of primary sulfonamides is 1. The van der Waals surface area contributed by atoms with Crippen LogP contribution in [0, 0.1) is 0 Å². The second-order valence-electron chi connectivity index (χ2n) is 6.04. The van der Waals surface area contributed by atoms with Crippen molar-refractivity contribution in [2.75, 3.05) is 24.5 Å². The zero-order chi connectivity index (χ0) is 17.9. The molecule has 0 unspecified atom stereocenters. The zero-order valence-electron chi connectivity index (χ0n) is 13.8. The van der Waals surface area contributed by atoms with Gasteiger partial charge >= 0.3 is 0 Å². The molecule has 0 atom stereocenters. The molecule has 0 saturated heterocycles. The molecule has 0 radical (unpaired) electrons. The normalized spacial score (nSPS) is 13.7. The lowest BCUT2D eigenvalue weighted by Crippen LogP contribution is -2.37. The summed E-state index contributed by atoms with van der Waals surface area (Å²) in [5, 5.41) is 8.23. The van der Waals surface area contributed by atoms with Gasteiger partial charge in [-0.25, -0.2) is 13.6 Å². The van der Waals surface area contributed by atoms with Gasteiger partial charge < -0.3 is 10.2 Å². The molecule has 1 amide bonds. The summed E-state index contributed by atoms with van der Waals surface area (Å²) >= 11 is 0. The van der Waals surface area contributed by atoms with Crippen LogP contribution in [0.1, 0.15) is 11.1 Å². The maximum absolute atomic E-state index is 12.4. The molecule has 3 N–H and O–H groups in total. The molecule has 6 nitrogen and oxygen atoms in total. The first-order valence-corrected chi connectivity index (χ1v) is 9.70. The van der Waals surface area contributed by atoms with E-state index in [0.717, 1.165) is 24.2 Å². The van der Waals surface area contributed by atoms with Crippen LogP contribution in [0.25, 0.3) is 0 Å². The van der Waals surface area contributed by atoms with Crippen LogP contribution in [0.15, 0.2) is 53.4 Å².